The molecule has 100 valence electrons. The highest BCUT2D eigenvalue weighted by atomic mass is 32.2. The van der Waals surface area contributed by atoms with Crippen molar-refractivity contribution in [2.45, 2.75) is 5.51 Å². The van der Waals surface area contributed by atoms with Crippen LogP contribution in [0.25, 0.3) is 0 Å². The first-order valence-electron chi connectivity index (χ1n) is 4.81. The van der Waals surface area contributed by atoms with E-state index in [2.05, 4.69) is 4.98 Å². The van der Waals surface area contributed by atoms with Crippen LogP contribution in [0.15, 0.2) is 18.3 Å². The molecular formula is C10H11F3N2O2S. The van der Waals surface area contributed by atoms with E-state index in [1.54, 1.807) is 6.07 Å². The SMILES string of the molecule is COc1ccc(N(C)C(=O)CSC(F)(F)F)cn1. The predicted molar refractivity (Wildman–Crippen MR) is 62.7 cm³/mol. The van der Waals surface area contributed by atoms with Gasteiger partial charge in [-0.1, -0.05) is 0 Å². The van der Waals surface area contributed by atoms with Gasteiger partial charge in [-0.05, 0) is 17.8 Å². The molecular weight excluding hydrogens is 269 g/mol. The number of carbonyl (C=O) groups is 1. The van der Waals surface area contributed by atoms with E-state index >= 15 is 0 Å². The molecule has 4 nitrogen and oxygen atoms in total. The number of ether oxygens (including phenoxy) is 1. The predicted octanol–water partition coefficient (Wildman–Crippen LogP) is 2.31. The van der Waals surface area contributed by atoms with Gasteiger partial charge in [0.15, 0.2) is 0 Å². The van der Waals surface area contributed by atoms with Crippen LogP contribution in [0.2, 0.25) is 0 Å². The summed E-state index contributed by atoms with van der Waals surface area (Å²) in [4.78, 5) is 16.5. The standard InChI is InChI=1S/C10H11F3N2O2S/c1-15(9(16)6-18-10(11,12)13)7-3-4-8(17-2)14-5-7/h3-5H,6H2,1-2H3. The summed E-state index contributed by atoms with van der Waals surface area (Å²) >= 11 is -0.364. The minimum absolute atomic E-state index is 0.364. The molecule has 1 heterocycles. The lowest BCUT2D eigenvalue weighted by Crippen LogP contribution is -2.29. The van der Waals surface area contributed by atoms with Crippen LogP contribution in [-0.4, -0.2) is 36.3 Å². The molecule has 0 spiro atoms. The number of halogens is 3. The quantitative estimate of drug-likeness (QED) is 0.848. The molecule has 0 fully saturated rings. The summed E-state index contributed by atoms with van der Waals surface area (Å²) in [6.07, 6.45) is 1.36. The lowest BCUT2D eigenvalue weighted by Gasteiger charge is -2.17. The summed E-state index contributed by atoms with van der Waals surface area (Å²) < 4.78 is 40.7. The molecule has 1 aromatic heterocycles. The van der Waals surface area contributed by atoms with Crippen molar-refractivity contribution in [2.75, 3.05) is 24.8 Å². The van der Waals surface area contributed by atoms with E-state index in [1.165, 1.54) is 26.4 Å². The third-order valence-corrected chi connectivity index (χ3v) is 2.77. The monoisotopic (exact) mass is 280 g/mol. The Hall–Kier alpha value is -1.44. The number of amides is 1. The van der Waals surface area contributed by atoms with Crippen LogP contribution >= 0.6 is 11.8 Å². The van der Waals surface area contributed by atoms with Gasteiger partial charge in [0.05, 0.1) is 24.7 Å². The lowest BCUT2D eigenvalue weighted by atomic mass is 10.4. The van der Waals surface area contributed by atoms with Gasteiger partial charge in [0.25, 0.3) is 0 Å². The average molecular weight is 280 g/mol. The Bertz CT molecular complexity index is 409. The van der Waals surface area contributed by atoms with Gasteiger partial charge in [-0.15, -0.1) is 0 Å². The largest absolute Gasteiger partial charge is 0.481 e. The number of aromatic nitrogens is 1. The minimum atomic E-state index is -4.41. The summed E-state index contributed by atoms with van der Waals surface area (Å²) in [6.45, 7) is 0. The Morgan fingerprint density at radius 3 is 2.61 bits per heavy atom. The Kier molecular flexibility index (Phi) is 4.83. The lowest BCUT2D eigenvalue weighted by molar-refractivity contribution is -0.116. The molecule has 8 heteroatoms. The van der Waals surface area contributed by atoms with Crippen molar-refractivity contribution in [2.24, 2.45) is 0 Å². The molecule has 0 saturated carbocycles. The molecule has 0 aliphatic carbocycles. The molecule has 0 aromatic carbocycles. The van der Waals surface area contributed by atoms with E-state index in [-0.39, 0.29) is 11.8 Å². The molecule has 1 rings (SSSR count). The molecule has 0 saturated heterocycles. The zero-order valence-corrected chi connectivity index (χ0v) is 10.5. The fourth-order valence-corrected chi connectivity index (χ4v) is 1.56. The third-order valence-electron chi connectivity index (χ3n) is 2.05. The Morgan fingerprint density at radius 2 is 2.17 bits per heavy atom. The van der Waals surface area contributed by atoms with Gasteiger partial charge in [0.2, 0.25) is 11.8 Å². The topological polar surface area (TPSA) is 42.4 Å². The van der Waals surface area contributed by atoms with Crippen molar-refractivity contribution in [3.8, 4) is 5.88 Å². The van der Waals surface area contributed by atoms with Gasteiger partial charge in [-0.2, -0.15) is 13.2 Å². The Balaban J connectivity index is 2.62. The number of alkyl halides is 3. The van der Waals surface area contributed by atoms with Gasteiger partial charge in [-0.3, -0.25) is 4.79 Å². The van der Waals surface area contributed by atoms with Crippen molar-refractivity contribution in [3.63, 3.8) is 0 Å². The van der Waals surface area contributed by atoms with Crippen molar-refractivity contribution in [1.29, 1.82) is 0 Å². The summed E-state index contributed by atoms with van der Waals surface area (Å²) in [5.74, 6) is -0.944. The van der Waals surface area contributed by atoms with Crippen LogP contribution in [0.1, 0.15) is 0 Å². The number of rotatable bonds is 4. The highest BCUT2D eigenvalue weighted by Crippen LogP contribution is 2.30. The highest BCUT2D eigenvalue weighted by molar-refractivity contribution is 8.00. The number of nitrogens with zero attached hydrogens (tertiary/aromatic N) is 2. The number of thioether (sulfide) groups is 1. The normalized spacial score (nSPS) is 11.2. The summed E-state index contributed by atoms with van der Waals surface area (Å²) in [5.41, 5.74) is -4.00. The molecule has 0 bridgehead atoms. The summed E-state index contributed by atoms with van der Waals surface area (Å²) in [6, 6.07) is 3.07. The van der Waals surface area contributed by atoms with Crippen molar-refractivity contribution in [3.05, 3.63) is 18.3 Å². The fourth-order valence-electron chi connectivity index (χ4n) is 1.08. The zero-order valence-electron chi connectivity index (χ0n) is 9.69. The second-order valence-corrected chi connectivity index (χ2v) is 4.29. The average Bonchev–Trinajstić information content (AvgIpc) is 2.34. The highest BCUT2D eigenvalue weighted by Gasteiger charge is 2.30. The molecule has 0 atom stereocenters. The smallest absolute Gasteiger partial charge is 0.442 e. The molecule has 0 unspecified atom stereocenters. The van der Waals surface area contributed by atoms with E-state index in [0.717, 1.165) is 4.90 Å². The van der Waals surface area contributed by atoms with Crippen molar-refractivity contribution >= 4 is 23.4 Å². The first-order chi connectivity index (χ1) is 8.33. The molecule has 1 amide bonds. The number of carbonyl (C=O) groups excluding carboxylic acids is 1. The van der Waals surface area contributed by atoms with Crippen molar-refractivity contribution in [1.82, 2.24) is 4.98 Å². The van der Waals surface area contributed by atoms with E-state index in [4.69, 9.17) is 4.74 Å². The maximum absolute atomic E-state index is 11.9. The molecule has 0 N–H and O–H groups in total. The molecule has 0 aliphatic heterocycles. The van der Waals surface area contributed by atoms with Crippen LogP contribution in [0.4, 0.5) is 18.9 Å². The Morgan fingerprint density at radius 1 is 1.50 bits per heavy atom. The number of pyridine rings is 1. The molecule has 18 heavy (non-hydrogen) atoms. The first-order valence-corrected chi connectivity index (χ1v) is 5.79. The van der Waals surface area contributed by atoms with E-state index in [9.17, 15) is 18.0 Å². The van der Waals surface area contributed by atoms with Crippen molar-refractivity contribution < 1.29 is 22.7 Å². The second-order valence-electron chi connectivity index (χ2n) is 3.25. The van der Waals surface area contributed by atoms with Gasteiger partial charge in [0, 0.05) is 13.1 Å². The minimum Gasteiger partial charge on any atom is -0.481 e. The molecule has 0 aliphatic rings. The number of hydrogen-bond donors (Lipinski definition) is 0. The van der Waals surface area contributed by atoms with Crippen LogP contribution in [0, 0.1) is 0 Å². The maximum atomic E-state index is 11.9. The van der Waals surface area contributed by atoms with E-state index < -0.39 is 17.2 Å². The van der Waals surface area contributed by atoms with E-state index in [1.807, 2.05) is 0 Å². The van der Waals surface area contributed by atoms with Crippen LogP contribution in [0.5, 0.6) is 5.88 Å². The van der Waals surface area contributed by atoms with Crippen LogP contribution < -0.4 is 9.64 Å². The van der Waals surface area contributed by atoms with Gasteiger partial charge < -0.3 is 9.64 Å². The molecule has 0 radical (unpaired) electrons. The summed E-state index contributed by atoms with van der Waals surface area (Å²) in [7, 11) is 2.83. The van der Waals surface area contributed by atoms with Gasteiger partial charge >= 0.3 is 5.51 Å². The molecule has 1 aromatic rings. The van der Waals surface area contributed by atoms with Gasteiger partial charge in [-0.25, -0.2) is 4.98 Å². The Labute approximate surface area is 106 Å². The zero-order chi connectivity index (χ0) is 13.8. The maximum Gasteiger partial charge on any atom is 0.442 e. The summed E-state index contributed by atoms with van der Waals surface area (Å²) in [5, 5.41) is 0. The first kappa shape index (κ1) is 14.6. The van der Waals surface area contributed by atoms with Gasteiger partial charge in [0.1, 0.15) is 0 Å². The fraction of sp³-hybridized carbons (Fsp3) is 0.400. The number of methoxy groups -OCH3 is 1. The second kappa shape index (κ2) is 5.94. The van der Waals surface area contributed by atoms with Crippen LogP contribution in [-0.2, 0) is 4.79 Å². The third kappa shape index (κ3) is 4.44. The number of anilines is 1. The van der Waals surface area contributed by atoms with Crippen LogP contribution in [0.3, 0.4) is 0 Å². The van der Waals surface area contributed by atoms with E-state index in [0.29, 0.717) is 11.6 Å². The number of hydrogen-bond acceptors (Lipinski definition) is 4.